The van der Waals surface area contributed by atoms with E-state index in [1.807, 2.05) is 24.3 Å². The van der Waals surface area contributed by atoms with Crippen LogP contribution in [0.5, 0.6) is 0 Å². The van der Waals surface area contributed by atoms with E-state index in [9.17, 15) is 4.79 Å². The maximum atomic E-state index is 11.8. The summed E-state index contributed by atoms with van der Waals surface area (Å²) in [7, 11) is 1.58. The molecule has 1 heterocycles. The summed E-state index contributed by atoms with van der Waals surface area (Å²) in [5.41, 5.74) is 7.55. The van der Waals surface area contributed by atoms with Crippen LogP contribution in [0.2, 0.25) is 0 Å². The highest BCUT2D eigenvalue weighted by molar-refractivity contribution is 5.94. The molecule has 112 valence electrons. The average Bonchev–Trinajstić information content (AvgIpc) is 2.99. The van der Waals surface area contributed by atoms with Gasteiger partial charge in [-0.2, -0.15) is 5.10 Å². The number of rotatable bonds is 7. The Morgan fingerprint density at radius 1 is 1.43 bits per heavy atom. The molecule has 3 N–H and O–H groups in total. The van der Waals surface area contributed by atoms with Crippen molar-refractivity contribution in [1.29, 1.82) is 0 Å². The van der Waals surface area contributed by atoms with E-state index in [1.54, 1.807) is 18.1 Å². The summed E-state index contributed by atoms with van der Waals surface area (Å²) in [6.07, 6.45) is 3.65. The van der Waals surface area contributed by atoms with Gasteiger partial charge in [-0.25, -0.2) is 9.67 Å². The fourth-order valence-electron chi connectivity index (χ4n) is 1.81. The lowest BCUT2D eigenvalue weighted by Crippen LogP contribution is -2.36. The van der Waals surface area contributed by atoms with E-state index in [4.69, 9.17) is 10.5 Å². The van der Waals surface area contributed by atoms with Crippen LogP contribution in [-0.4, -0.2) is 40.4 Å². The molecule has 1 unspecified atom stereocenters. The molecule has 0 fully saturated rings. The number of amides is 1. The van der Waals surface area contributed by atoms with Crippen molar-refractivity contribution in [3.05, 3.63) is 42.5 Å². The van der Waals surface area contributed by atoms with E-state index in [2.05, 4.69) is 15.4 Å². The maximum Gasteiger partial charge on any atom is 0.241 e. The number of hydrogen-bond acceptors (Lipinski definition) is 5. The molecule has 0 aliphatic rings. The smallest absolute Gasteiger partial charge is 0.241 e. The molecule has 0 radical (unpaired) electrons. The van der Waals surface area contributed by atoms with Gasteiger partial charge in [0.15, 0.2) is 0 Å². The normalized spacial score (nSPS) is 12.1. The van der Waals surface area contributed by atoms with Gasteiger partial charge in [0.2, 0.25) is 5.91 Å². The van der Waals surface area contributed by atoms with Crippen molar-refractivity contribution in [3.63, 3.8) is 0 Å². The SMILES string of the molecule is COCCC(N)C(=O)Nc1ccc(Cn2cncn2)cc1. The molecule has 0 aliphatic heterocycles. The first kappa shape index (κ1) is 15.1. The predicted octanol–water partition coefficient (Wildman–Crippen LogP) is 0.629. The first-order valence-corrected chi connectivity index (χ1v) is 6.66. The number of methoxy groups -OCH3 is 1. The van der Waals surface area contributed by atoms with Gasteiger partial charge in [0.25, 0.3) is 0 Å². The second-order valence-electron chi connectivity index (χ2n) is 4.67. The van der Waals surface area contributed by atoms with E-state index in [0.29, 0.717) is 19.6 Å². The number of ether oxygens (including phenoxy) is 1. The Hall–Kier alpha value is -2.25. The van der Waals surface area contributed by atoms with Crippen LogP contribution in [0.1, 0.15) is 12.0 Å². The fourth-order valence-corrected chi connectivity index (χ4v) is 1.81. The number of carbonyl (C=O) groups excluding carboxylic acids is 1. The number of nitrogens with zero attached hydrogens (tertiary/aromatic N) is 3. The number of aromatic nitrogens is 3. The van der Waals surface area contributed by atoms with Crippen LogP contribution in [0.25, 0.3) is 0 Å². The molecule has 21 heavy (non-hydrogen) atoms. The summed E-state index contributed by atoms with van der Waals surface area (Å²) in [5.74, 6) is -0.212. The van der Waals surface area contributed by atoms with E-state index < -0.39 is 6.04 Å². The van der Waals surface area contributed by atoms with E-state index >= 15 is 0 Å². The van der Waals surface area contributed by atoms with Crippen LogP contribution in [0.15, 0.2) is 36.9 Å². The van der Waals surface area contributed by atoms with Crippen molar-refractivity contribution >= 4 is 11.6 Å². The zero-order valence-electron chi connectivity index (χ0n) is 11.9. The molecule has 0 bridgehead atoms. The monoisotopic (exact) mass is 289 g/mol. The second-order valence-corrected chi connectivity index (χ2v) is 4.67. The van der Waals surface area contributed by atoms with E-state index in [0.717, 1.165) is 11.3 Å². The van der Waals surface area contributed by atoms with Gasteiger partial charge in [-0.3, -0.25) is 4.79 Å². The van der Waals surface area contributed by atoms with Crippen LogP contribution in [0, 0.1) is 0 Å². The molecule has 0 saturated carbocycles. The van der Waals surface area contributed by atoms with Crippen LogP contribution in [0.3, 0.4) is 0 Å². The van der Waals surface area contributed by atoms with E-state index in [-0.39, 0.29) is 5.91 Å². The number of anilines is 1. The number of benzene rings is 1. The van der Waals surface area contributed by atoms with Crippen LogP contribution in [-0.2, 0) is 16.1 Å². The van der Waals surface area contributed by atoms with Gasteiger partial charge in [0.05, 0.1) is 12.6 Å². The summed E-state index contributed by atoms with van der Waals surface area (Å²) in [6.45, 7) is 1.10. The Bertz CT molecular complexity index is 553. The first-order valence-electron chi connectivity index (χ1n) is 6.66. The summed E-state index contributed by atoms with van der Waals surface area (Å²) in [5, 5.41) is 6.82. The molecule has 1 amide bonds. The highest BCUT2D eigenvalue weighted by atomic mass is 16.5. The minimum absolute atomic E-state index is 0.212. The summed E-state index contributed by atoms with van der Waals surface area (Å²) in [4.78, 5) is 15.7. The molecular weight excluding hydrogens is 270 g/mol. The molecule has 1 aromatic carbocycles. The van der Waals surface area contributed by atoms with Gasteiger partial charge in [0.1, 0.15) is 12.7 Å². The Labute approximate surface area is 123 Å². The number of carbonyl (C=O) groups is 1. The Morgan fingerprint density at radius 3 is 2.81 bits per heavy atom. The van der Waals surface area contributed by atoms with Gasteiger partial charge >= 0.3 is 0 Å². The van der Waals surface area contributed by atoms with Gasteiger partial charge in [0, 0.05) is 19.4 Å². The van der Waals surface area contributed by atoms with Crippen molar-refractivity contribution < 1.29 is 9.53 Å². The van der Waals surface area contributed by atoms with Crippen molar-refractivity contribution in [2.75, 3.05) is 19.0 Å². The van der Waals surface area contributed by atoms with Gasteiger partial charge in [-0.05, 0) is 24.1 Å². The summed E-state index contributed by atoms with van der Waals surface area (Å²) in [6, 6.07) is 6.97. The Balaban J connectivity index is 1.88. The third-order valence-corrected chi connectivity index (χ3v) is 3.00. The molecule has 1 atom stereocenters. The van der Waals surface area contributed by atoms with Gasteiger partial charge in [-0.1, -0.05) is 12.1 Å². The molecule has 2 aromatic rings. The fraction of sp³-hybridized carbons (Fsp3) is 0.357. The molecular formula is C14H19N5O2. The standard InChI is InChI=1S/C14H19N5O2/c1-21-7-6-13(15)14(20)18-12-4-2-11(3-5-12)8-19-10-16-9-17-19/h2-5,9-10,13H,6-8,15H2,1H3,(H,18,20). The lowest BCUT2D eigenvalue weighted by Gasteiger charge is -2.12. The minimum atomic E-state index is -0.570. The summed E-state index contributed by atoms with van der Waals surface area (Å²) >= 11 is 0. The molecule has 7 heteroatoms. The Kier molecular flexibility index (Phi) is 5.42. The minimum Gasteiger partial charge on any atom is -0.385 e. The van der Waals surface area contributed by atoms with Gasteiger partial charge in [-0.15, -0.1) is 0 Å². The van der Waals surface area contributed by atoms with Crippen LogP contribution >= 0.6 is 0 Å². The number of hydrogen-bond donors (Lipinski definition) is 2. The van der Waals surface area contributed by atoms with Crippen LogP contribution < -0.4 is 11.1 Å². The molecule has 0 spiro atoms. The second kappa shape index (κ2) is 7.51. The topological polar surface area (TPSA) is 95.1 Å². The quantitative estimate of drug-likeness (QED) is 0.779. The van der Waals surface area contributed by atoms with Crippen molar-refractivity contribution in [2.45, 2.75) is 19.0 Å². The Morgan fingerprint density at radius 2 is 2.19 bits per heavy atom. The largest absolute Gasteiger partial charge is 0.385 e. The zero-order valence-corrected chi connectivity index (χ0v) is 11.9. The highest BCUT2D eigenvalue weighted by Gasteiger charge is 2.12. The zero-order chi connectivity index (χ0) is 15.1. The average molecular weight is 289 g/mol. The van der Waals surface area contributed by atoms with Crippen LogP contribution in [0.4, 0.5) is 5.69 Å². The van der Waals surface area contributed by atoms with Gasteiger partial charge < -0.3 is 15.8 Å². The molecule has 2 rings (SSSR count). The maximum absolute atomic E-state index is 11.8. The molecule has 0 aliphatic carbocycles. The predicted molar refractivity (Wildman–Crippen MR) is 78.7 cm³/mol. The molecule has 1 aromatic heterocycles. The third-order valence-electron chi connectivity index (χ3n) is 3.00. The number of nitrogens with two attached hydrogens (primary N) is 1. The lowest BCUT2D eigenvalue weighted by molar-refractivity contribution is -0.117. The summed E-state index contributed by atoms with van der Waals surface area (Å²) < 4.78 is 6.64. The van der Waals surface area contributed by atoms with Crippen molar-refractivity contribution in [2.24, 2.45) is 5.73 Å². The highest BCUT2D eigenvalue weighted by Crippen LogP contribution is 2.11. The number of nitrogens with one attached hydrogen (secondary N) is 1. The lowest BCUT2D eigenvalue weighted by atomic mass is 10.2. The molecule has 7 nitrogen and oxygen atoms in total. The van der Waals surface area contributed by atoms with E-state index in [1.165, 1.54) is 6.33 Å². The third kappa shape index (κ3) is 4.66. The van der Waals surface area contributed by atoms with Crippen molar-refractivity contribution in [1.82, 2.24) is 14.8 Å². The first-order chi connectivity index (χ1) is 10.2. The van der Waals surface area contributed by atoms with Crippen molar-refractivity contribution in [3.8, 4) is 0 Å². The molecule has 0 saturated heterocycles.